The summed E-state index contributed by atoms with van der Waals surface area (Å²) in [5.41, 5.74) is 3.78. The van der Waals surface area contributed by atoms with E-state index >= 15 is 0 Å². The van der Waals surface area contributed by atoms with Gasteiger partial charge in [0.2, 0.25) is 0 Å². The molecule has 2 N–H and O–H groups in total. The molecular formula is C24H29N3O2. The zero-order chi connectivity index (χ0) is 20.4. The molecular weight excluding hydrogens is 362 g/mol. The molecule has 2 fully saturated rings. The minimum atomic E-state index is -0.0213. The highest BCUT2D eigenvalue weighted by Crippen LogP contribution is 2.34. The zero-order valence-corrected chi connectivity index (χ0v) is 17.2. The summed E-state index contributed by atoms with van der Waals surface area (Å²) in [6, 6.07) is 16.0. The largest absolute Gasteiger partial charge is 0.349 e. The van der Waals surface area contributed by atoms with Crippen molar-refractivity contribution >= 4 is 17.6 Å². The van der Waals surface area contributed by atoms with E-state index in [0.29, 0.717) is 5.56 Å². The molecule has 2 saturated heterocycles. The SMILES string of the molecule is Cc1ccc(NC(=O)N2C3CCCC2CC(NC(=O)c2cccc(C)c2)C3)cc1. The number of benzene rings is 2. The highest BCUT2D eigenvalue weighted by atomic mass is 16.2. The molecule has 152 valence electrons. The maximum absolute atomic E-state index is 13.0. The smallest absolute Gasteiger partial charge is 0.322 e. The predicted molar refractivity (Wildman–Crippen MR) is 115 cm³/mol. The van der Waals surface area contributed by atoms with Crippen molar-refractivity contribution in [2.24, 2.45) is 0 Å². The lowest BCUT2D eigenvalue weighted by Gasteiger charge is -2.48. The first-order chi connectivity index (χ1) is 14.0. The van der Waals surface area contributed by atoms with Crippen molar-refractivity contribution in [2.75, 3.05) is 5.32 Å². The average Bonchev–Trinajstić information content (AvgIpc) is 2.69. The molecule has 3 amide bonds. The second-order valence-electron chi connectivity index (χ2n) is 8.45. The molecule has 2 atom stereocenters. The second kappa shape index (κ2) is 8.27. The Morgan fingerprint density at radius 1 is 0.931 bits per heavy atom. The minimum absolute atomic E-state index is 0.0191. The predicted octanol–water partition coefficient (Wildman–Crippen LogP) is 4.65. The summed E-state index contributed by atoms with van der Waals surface area (Å²) < 4.78 is 0. The number of hydrogen-bond acceptors (Lipinski definition) is 2. The van der Waals surface area contributed by atoms with E-state index in [1.165, 1.54) is 5.56 Å². The summed E-state index contributed by atoms with van der Waals surface area (Å²) in [6.07, 6.45) is 4.76. The van der Waals surface area contributed by atoms with Crippen molar-refractivity contribution in [3.8, 4) is 0 Å². The fraction of sp³-hybridized carbons (Fsp3) is 0.417. The van der Waals surface area contributed by atoms with Crippen LogP contribution in [-0.2, 0) is 0 Å². The third kappa shape index (κ3) is 4.44. The molecule has 2 aromatic carbocycles. The summed E-state index contributed by atoms with van der Waals surface area (Å²) >= 11 is 0. The molecule has 0 aromatic heterocycles. The normalized spacial score (nSPS) is 23.4. The lowest BCUT2D eigenvalue weighted by atomic mass is 9.82. The minimum Gasteiger partial charge on any atom is -0.349 e. The van der Waals surface area contributed by atoms with E-state index < -0.39 is 0 Å². The molecule has 0 saturated carbocycles. The van der Waals surface area contributed by atoms with Crippen LogP contribution in [0.3, 0.4) is 0 Å². The summed E-state index contributed by atoms with van der Waals surface area (Å²) in [7, 11) is 0. The van der Waals surface area contributed by atoms with Gasteiger partial charge in [-0.1, -0.05) is 35.4 Å². The molecule has 5 heteroatoms. The molecule has 2 unspecified atom stereocenters. The summed E-state index contributed by atoms with van der Waals surface area (Å²) in [5.74, 6) is -0.0191. The molecule has 0 radical (unpaired) electrons. The number of aryl methyl sites for hydroxylation is 2. The van der Waals surface area contributed by atoms with E-state index in [0.717, 1.165) is 43.4 Å². The first-order valence-electron chi connectivity index (χ1n) is 10.5. The average molecular weight is 392 g/mol. The molecule has 2 aliphatic rings. The van der Waals surface area contributed by atoms with E-state index in [1.54, 1.807) is 0 Å². The fourth-order valence-corrected chi connectivity index (χ4v) is 4.71. The molecule has 2 bridgehead atoms. The molecule has 4 rings (SSSR count). The highest BCUT2D eigenvalue weighted by Gasteiger charge is 2.41. The molecule has 2 aliphatic heterocycles. The van der Waals surface area contributed by atoms with Crippen molar-refractivity contribution in [2.45, 2.75) is 64.1 Å². The van der Waals surface area contributed by atoms with Crippen LogP contribution >= 0.6 is 0 Å². The first kappa shape index (κ1) is 19.5. The number of carbonyl (C=O) groups excluding carboxylic acids is 2. The van der Waals surface area contributed by atoms with E-state index in [-0.39, 0.29) is 30.1 Å². The van der Waals surface area contributed by atoms with Gasteiger partial charge in [0, 0.05) is 29.4 Å². The summed E-state index contributed by atoms with van der Waals surface area (Å²) in [5, 5.41) is 6.26. The number of amides is 3. The van der Waals surface area contributed by atoms with Gasteiger partial charge in [-0.15, -0.1) is 0 Å². The Bertz CT molecular complexity index is 879. The van der Waals surface area contributed by atoms with Crippen molar-refractivity contribution in [1.29, 1.82) is 0 Å². The summed E-state index contributed by atoms with van der Waals surface area (Å²) in [6.45, 7) is 4.03. The van der Waals surface area contributed by atoms with Crippen molar-refractivity contribution in [3.63, 3.8) is 0 Å². The fourth-order valence-electron chi connectivity index (χ4n) is 4.71. The van der Waals surface area contributed by atoms with Gasteiger partial charge in [0.1, 0.15) is 0 Å². The van der Waals surface area contributed by atoms with E-state index in [4.69, 9.17) is 0 Å². The van der Waals surface area contributed by atoms with Crippen molar-refractivity contribution in [1.82, 2.24) is 10.2 Å². The van der Waals surface area contributed by atoms with Crippen molar-refractivity contribution in [3.05, 3.63) is 65.2 Å². The molecule has 0 aliphatic carbocycles. The van der Waals surface area contributed by atoms with Gasteiger partial charge >= 0.3 is 6.03 Å². The standard InChI is InChI=1S/C24H29N3O2/c1-16-9-11-19(12-10-16)26-24(29)27-21-7-4-8-22(27)15-20(14-21)25-23(28)18-6-3-5-17(2)13-18/h3,5-6,9-13,20-22H,4,7-8,14-15H2,1-2H3,(H,25,28)(H,26,29). The van der Waals surface area contributed by atoms with Gasteiger partial charge in [-0.05, 0) is 70.2 Å². The Hall–Kier alpha value is -2.82. The van der Waals surface area contributed by atoms with Crippen LogP contribution in [0.4, 0.5) is 10.5 Å². The van der Waals surface area contributed by atoms with Crippen LogP contribution in [0, 0.1) is 13.8 Å². The van der Waals surface area contributed by atoms with Gasteiger partial charge < -0.3 is 15.5 Å². The van der Waals surface area contributed by atoms with Gasteiger partial charge in [0.25, 0.3) is 5.91 Å². The van der Waals surface area contributed by atoms with Crippen LogP contribution < -0.4 is 10.6 Å². The number of fused-ring (bicyclic) bond motifs is 2. The topological polar surface area (TPSA) is 61.4 Å². The number of urea groups is 1. The molecule has 29 heavy (non-hydrogen) atoms. The van der Waals surface area contributed by atoms with Crippen LogP contribution in [0.5, 0.6) is 0 Å². The Morgan fingerprint density at radius 3 is 2.28 bits per heavy atom. The van der Waals surface area contributed by atoms with Crippen LogP contribution in [-0.4, -0.2) is 35.0 Å². The number of rotatable bonds is 3. The molecule has 0 spiro atoms. The van der Waals surface area contributed by atoms with Gasteiger partial charge in [0.15, 0.2) is 0 Å². The number of nitrogens with one attached hydrogen (secondary N) is 2. The summed E-state index contributed by atoms with van der Waals surface area (Å²) in [4.78, 5) is 27.7. The quantitative estimate of drug-likeness (QED) is 0.800. The number of anilines is 1. The van der Waals surface area contributed by atoms with E-state index in [2.05, 4.69) is 10.6 Å². The Morgan fingerprint density at radius 2 is 1.62 bits per heavy atom. The maximum Gasteiger partial charge on any atom is 0.322 e. The highest BCUT2D eigenvalue weighted by molar-refractivity contribution is 5.94. The monoisotopic (exact) mass is 391 g/mol. The van der Waals surface area contributed by atoms with Gasteiger partial charge in [0.05, 0.1) is 0 Å². The maximum atomic E-state index is 13.0. The molecule has 2 heterocycles. The molecule has 5 nitrogen and oxygen atoms in total. The van der Waals surface area contributed by atoms with Crippen LogP contribution in [0.25, 0.3) is 0 Å². The van der Waals surface area contributed by atoms with E-state index in [9.17, 15) is 9.59 Å². The third-order valence-electron chi connectivity index (χ3n) is 6.13. The number of carbonyl (C=O) groups is 2. The van der Waals surface area contributed by atoms with Crippen LogP contribution in [0.2, 0.25) is 0 Å². The third-order valence-corrected chi connectivity index (χ3v) is 6.13. The number of nitrogens with zero attached hydrogens (tertiary/aromatic N) is 1. The lowest BCUT2D eigenvalue weighted by molar-refractivity contribution is 0.0577. The Balaban J connectivity index is 1.41. The lowest BCUT2D eigenvalue weighted by Crippen LogP contribution is -2.59. The Labute approximate surface area is 172 Å². The van der Waals surface area contributed by atoms with Crippen LogP contribution in [0.15, 0.2) is 48.5 Å². The van der Waals surface area contributed by atoms with Crippen molar-refractivity contribution < 1.29 is 9.59 Å². The van der Waals surface area contributed by atoms with E-state index in [1.807, 2.05) is 67.3 Å². The number of hydrogen-bond donors (Lipinski definition) is 2. The van der Waals surface area contributed by atoms with Gasteiger partial charge in [-0.25, -0.2) is 4.79 Å². The first-order valence-corrected chi connectivity index (χ1v) is 10.5. The zero-order valence-electron chi connectivity index (χ0n) is 17.2. The van der Waals surface area contributed by atoms with Gasteiger partial charge in [-0.3, -0.25) is 4.79 Å². The second-order valence-corrected chi connectivity index (χ2v) is 8.45. The number of piperidine rings is 2. The van der Waals surface area contributed by atoms with Gasteiger partial charge in [-0.2, -0.15) is 0 Å². The molecule has 2 aromatic rings. The van der Waals surface area contributed by atoms with Crippen LogP contribution in [0.1, 0.15) is 53.6 Å². The Kier molecular flexibility index (Phi) is 5.56.